The predicted molar refractivity (Wildman–Crippen MR) is 84.5 cm³/mol. The van der Waals surface area contributed by atoms with E-state index in [1.807, 2.05) is 11.3 Å². The summed E-state index contributed by atoms with van der Waals surface area (Å²) in [6, 6.07) is 2.53. The van der Waals surface area contributed by atoms with Crippen LogP contribution in [-0.2, 0) is 0 Å². The van der Waals surface area contributed by atoms with E-state index in [1.54, 1.807) is 0 Å². The number of hydrogen-bond donors (Lipinski definition) is 1. The van der Waals surface area contributed by atoms with Crippen molar-refractivity contribution in [3.63, 3.8) is 0 Å². The Morgan fingerprint density at radius 1 is 1.39 bits per heavy atom. The molecule has 1 aromatic rings. The summed E-state index contributed by atoms with van der Waals surface area (Å²) >= 11 is 4.04. The van der Waals surface area contributed by atoms with Gasteiger partial charge in [-0.15, -0.1) is 23.1 Å². The second kappa shape index (κ2) is 6.97. The van der Waals surface area contributed by atoms with Gasteiger partial charge in [0, 0.05) is 16.2 Å². The van der Waals surface area contributed by atoms with Gasteiger partial charge in [-0.1, -0.05) is 26.2 Å². The van der Waals surface area contributed by atoms with Gasteiger partial charge in [0.15, 0.2) is 0 Å². The van der Waals surface area contributed by atoms with E-state index in [2.05, 4.69) is 37.1 Å². The van der Waals surface area contributed by atoms with Crippen LogP contribution in [0.3, 0.4) is 0 Å². The largest absolute Gasteiger partial charge is 0.326 e. The first-order valence-corrected chi connectivity index (χ1v) is 8.99. The van der Waals surface area contributed by atoms with Gasteiger partial charge in [0.05, 0.1) is 5.25 Å². The summed E-state index contributed by atoms with van der Waals surface area (Å²) < 4.78 is 0. The second-order valence-corrected chi connectivity index (χ2v) is 7.75. The Morgan fingerprint density at radius 2 is 2.11 bits per heavy atom. The zero-order chi connectivity index (χ0) is 13.0. The number of thiophene rings is 1. The molecule has 2 rings (SSSR count). The van der Waals surface area contributed by atoms with Gasteiger partial charge < -0.3 is 5.73 Å². The third-order valence-electron chi connectivity index (χ3n) is 3.91. The van der Waals surface area contributed by atoms with Gasteiger partial charge in [0.2, 0.25) is 0 Å². The molecule has 0 bridgehead atoms. The van der Waals surface area contributed by atoms with Crippen molar-refractivity contribution in [1.82, 2.24) is 0 Å². The van der Waals surface area contributed by atoms with Crippen molar-refractivity contribution in [2.24, 2.45) is 5.73 Å². The first-order chi connectivity index (χ1) is 8.72. The van der Waals surface area contributed by atoms with E-state index < -0.39 is 0 Å². The molecular formula is C15H25NS2. The number of rotatable bonds is 5. The highest BCUT2D eigenvalue weighted by Crippen LogP contribution is 2.43. The topological polar surface area (TPSA) is 26.0 Å². The van der Waals surface area contributed by atoms with E-state index in [0.29, 0.717) is 11.3 Å². The van der Waals surface area contributed by atoms with Crippen molar-refractivity contribution in [2.75, 3.05) is 0 Å². The summed E-state index contributed by atoms with van der Waals surface area (Å²) in [5.41, 5.74) is 7.81. The molecule has 0 amide bonds. The number of thioether (sulfide) groups is 1. The molecule has 1 nitrogen and oxygen atoms in total. The van der Waals surface area contributed by atoms with Gasteiger partial charge in [-0.05, 0) is 43.2 Å². The zero-order valence-electron chi connectivity index (χ0n) is 11.5. The maximum atomic E-state index is 6.38. The Morgan fingerprint density at radius 3 is 2.67 bits per heavy atom. The van der Waals surface area contributed by atoms with Crippen molar-refractivity contribution >= 4 is 23.1 Å². The van der Waals surface area contributed by atoms with Gasteiger partial charge in [-0.2, -0.15) is 0 Å². The van der Waals surface area contributed by atoms with Crippen LogP contribution in [0.1, 0.15) is 61.1 Å². The van der Waals surface area contributed by atoms with Gasteiger partial charge in [-0.25, -0.2) is 0 Å². The number of hydrogen-bond acceptors (Lipinski definition) is 3. The molecule has 18 heavy (non-hydrogen) atoms. The summed E-state index contributed by atoms with van der Waals surface area (Å²) in [4.78, 5) is 1.51. The van der Waals surface area contributed by atoms with Crippen LogP contribution in [0.5, 0.6) is 0 Å². The first kappa shape index (κ1) is 14.4. The average Bonchev–Trinajstić information content (AvgIpc) is 2.82. The average molecular weight is 284 g/mol. The van der Waals surface area contributed by atoms with Crippen molar-refractivity contribution < 1.29 is 0 Å². The molecule has 1 heterocycles. The summed E-state index contributed by atoms with van der Waals surface area (Å²) in [6.45, 7) is 4.44. The quantitative estimate of drug-likeness (QED) is 0.831. The minimum absolute atomic E-state index is 0.300. The summed E-state index contributed by atoms with van der Waals surface area (Å²) in [7, 11) is 0. The van der Waals surface area contributed by atoms with Crippen LogP contribution in [0.15, 0.2) is 11.4 Å². The highest BCUT2D eigenvalue weighted by atomic mass is 32.2. The Hall–Kier alpha value is 0.0100. The molecule has 2 N–H and O–H groups in total. The number of aryl methyl sites for hydroxylation is 1. The molecule has 3 heteroatoms. The lowest BCUT2D eigenvalue weighted by molar-refractivity contribution is 0.512. The molecule has 2 unspecified atom stereocenters. The van der Waals surface area contributed by atoms with Gasteiger partial charge >= 0.3 is 0 Å². The van der Waals surface area contributed by atoms with E-state index >= 15 is 0 Å². The lowest BCUT2D eigenvalue weighted by Crippen LogP contribution is -2.27. The third-order valence-corrected chi connectivity index (χ3v) is 6.90. The minimum Gasteiger partial charge on any atom is -0.326 e. The van der Waals surface area contributed by atoms with Crippen LogP contribution in [0.25, 0.3) is 0 Å². The van der Waals surface area contributed by atoms with Crippen LogP contribution >= 0.6 is 23.1 Å². The van der Waals surface area contributed by atoms with Crippen LogP contribution in [0.2, 0.25) is 0 Å². The molecule has 1 saturated carbocycles. The van der Waals surface area contributed by atoms with Crippen molar-refractivity contribution in [3.8, 4) is 0 Å². The van der Waals surface area contributed by atoms with Gasteiger partial charge in [-0.3, -0.25) is 0 Å². The van der Waals surface area contributed by atoms with Crippen molar-refractivity contribution in [2.45, 2.75) is 68.9 Å². The van der Waals surface area contributed by atoms with E-state index in [4.69, 9.17) is 5.73 Å². The maximum Gasteiger partial charge on any atom is 0.0547 e. The SMILES string of the molecule is CCC(N)C(SC1CCCCC1)c1sccc1C. The molecule has 0 aliphatic heterocycles. The molecule has 0 spiro atoms. The number of nitrogens with two attached hydrogens (primary N) is 1. The van der Waals surface area contributed by atoms with E-state index in [0.717, 1.165) is 11.7 Å². The lowest BCUT2D eigenvalue weighted by atomic mass is 10.0. The van der Waals surface area contributed by atoms with Crippen LogP contribution in [0.4, 0.5) is 0 Å². The highest BCUT2D eigenvalue weighted by Gasteiger charge is 2.26. The fraction of sp³-hybridized carbons (Fsp3) is 0.733. The Labute approximate surface area is 120 Å². The van der Waals surface area contributed by atoms with Crippen molar-refractivity contribution in [1.29, 1.82) is 0 Å². The second-order valence-electron chi connectivity index (χ2n) is 5.36. The van der Waals surface area contributed by atoms with Gasteiger partial charge in [0.25, 0.3) is 0 Å². The van der Waals surface area contributed by atoms with Crippen LogP contribution in [0, 0.1) is 6.92 Å². The van der Waals surface area contributed by atoms with Crippen LogP contribution < -0.4 is 5.73 Å². The molecular weight excluding hydrogens is 258 g/mol. The standard InChI is InChI=1S/C15H25NS2/c1-3-13(16)15(14-11(2)9-10-17-14)18-12-7-5-4-6-8-12/h9-10,12-13,15H,3-8,16H2,1-2H3. The molecule has 1 aromatic heterocycles. The normalized spacial score (nSPS) is 20.8. The molecule has 0 aromatic carbocycles. The molecule has 102 valence electrons. The third kappa shape index (κ3) is 3.52. The smallest absolute Gasteiger partial charge is 0.0547 e. The Bertz CT molecular complexity index is 355. The van der Waals surface area contributed by atoms with Gasteiger partial charge in [0.1, 0.15) is 0 Å². The Balaban J connectivity index is 2.07. The van der Waals surface area contributed by atoms with Crippen LogP contribution in [-0.4, -0.2) is 11.3 Å². The summed E-state index contributed by atoms with van der Waals surface area (Å²) in [5.74, 6) is 0. The molecule has 0 radical (unpaired) electrons. The molecule has 1 aliphatic rings. The lowest BCUT2D eigenvalue weighted by Gasteiger charge is -2.29. The maximum absolute atomic E-state index is 6.38. The first-order valence-electron chi connectivity index (χ1n) is 7.17. The molecule has 1 fully saturated rings. The molecule has 1 aliphatic carbocycles. The monoisotopic (exact) mass is 283 g/mol. The summed E-state index contributed by atoms with van der Waals surface area (Å²) in [6.07, 6.45) is 8.11. The fourth-order valence-electron chi connectivity index (χ4n) is 2.66. The Kier molecular flexibility index (Phi) is 5.58. The zero-order valence-corrected chi connectivity index (χ0v) is 13.2. The predicted octanol–water partition coefficient (Wildman–Crippen LogP) is 4.90. The fourth-order valence-corrected chi connectivity index (χ4v) is 5.69. The van der Waals surface area contributed by atoms with E-state index in [-0.39, 0.29) is 0 Å². The highest BCUT2D eigenvalue weighted by molar-refractivity contribution is 8.00. The van der Waals surface area contributed by atoms with E-state index in [1.165, 1.54) is 42.5 Å². The minimum atomic E-state index is 0.300. The molecule has 0 saturated heterocycles. The molecule has 2 atom stereocenters. The summed E-state index contributed by atoms with van der Waals surface area (Å²) in [5, 5.41) is 3.56. The van der Waals surface area contributed by atoms with E-state index in [9.17, 15) is 0 Å². The van der Waals surface area contributed by atoms with Crippen molar-refractivity contribution in [3.05, 3.63) is 21.9 Å².